The van der Waals surface area contributed by atoms with Gasteiger partial charge in [-0.15, -0.1) is 0 Å². The molecular formula is C24H31N3O2. The monoisotopic (exact) mass is 393 g/mol. The number of aromatic nitrogens is 2. The molecule has 1 amide bonds. The van der Waals surface area contributed by atoms with E-state index in [1.54, 1.807) is 0 Å². The first-order valence-electron chi connectivity index (χ1n) is 10.3. The molecule has 1 aromatic heterocycles. The molecule has 0 bridgehead atoms. The van der Waals surface area contributed by atoms with Crippen molar-refractivity contribution in [1.82, 2.24) is 14.9 Å². The molecule has 1 N–H and O–H groups in total. The van der Waals surface area contributed by atoms with E-state index in [4.69, 9.17) is 9.72 Å². The number of aryl methyl sites for hydroxylation is 2. The molecule has 0 atom stereocenters. The van der Waals surface area contributed by atoms with Crippen LogP contribution in [-0.2, 0) is 17.8 Å². The van der Waals surface area contributed by atoms with Gasteiger partial charge in [0, 0.05) is 24.9 Å². The van der Waals surface area contributed by atoms with Crippen molar-refractivity contribution in [3.8, 4) is 5.75 Å². The Balaban J connectivity index is 1.62. The number of fused-ring (bicyclic) bond motifs is 1. The predicted octanol–water partition coefficient (Wildman–Crippen LogP) is 4.52. The third-order valence-corrected chi connectivity index (χ3v) is 4.83. The van der Waals surface area contributed by atoms with Gasteiger partial charge in [0.15, 0.2) is 0 Å². The lowest BCUT2D eigenvalue weighted by molar-refractivity contribution is -0.128. The number of nitrogens with one attached hydrogen (secondary N) is 1. The molecule has 3 aromatic rings. The Morgan fingerprint density at radius 3 is 2.69 bits per heavy atom. The molecule has 2 aromatic carbocycles. The van der Waals surface area contributed by atoms with Crippen LogP contribution in [0.5, 0.6) is 5.75 Å². The Labute approximate surface area is 173 Å². The number of carbonyl (C=O) groups is 1. The molecule has 0 fully saturated rings. The maximum absolute atomic E-state index is 12.1. The minimum Gasteiger partial charge on any atom is -0.494 e. The summed E-state index contributed by atoms with van der Waals surface area (Å²) in [4.78, 5) is 16.9. The summed E-state index contributed by atoms with van der Waals surface area (Å²) in [5, 5.41) is 3.02. The number of ether oxygens (including phenoxy) is 1. The lowest BCUT2D eigenvalue weighted by Crippen LogP contribution is -2.36. The van der Waals surface area contributed by atoms with Gasteiger partial charge in [-0.3, -0.25) is 4.79 Å². The summed E-state index contributed by atoms with van der Waals surface area (Å²) >= 11 is 0. The van der Waals surface area contributed by atoms with Crippen LogP contribution in [0.3, 0.4) is 0 Å². The molecule has 0 aliphatic carbocycles. The summed E-state index contributed by atoms with van der Waals surface area (Å²) in [6, 6.07) is 16.3. The lowest BCUT2D eigenvalue weighted by atomic mass is 9.96. The van der Waals surface area contributed by atoms with Crippen molar-refractivity contribution in [2.45, 2.75) is 47.1 Å². The number of hydrogen-bond donors (Lipinski definition) is 1. The van der Waals surface area contributed by atoms with Gasteiger partial charge in [-0.05, 0) is 43.2 Å². The molecule has 5 nitrogen and oxygen atoms in total. The second kappa shape index (κ2) is 9.12. The van der Waals surface area contributed by atoms with Crippen LogP contribution in [-0.4, -0.2) is 28.6 Å². The smallest absolute Gasteiger partial charge is 0.225 e. The van der Waals surface area contributed by atoms with Gasteiger partial charge in [-0.2, -0.15) is 0 Å². The zero-order chi connectivity index (χ0) is 20.9. The van der Waals surface area contributed by atoms with Gasteiger partial charge in [-0.1, -0.05) is 45.0 Å². The van der Waals surface area contributed by atoms with Crippen LogP contribution < -0.4 is 10.1 Å². The van der Waals surface area contributed by atoms with Crippen LogP contribution in [0.15, 0.2) is 48.5 Å². The second-order valence-electron chi connectivity index (χ2n) is 8.44. The van der Waals surface area contributed by atoms with Crippen molar-refractivity contribution in [3.63, 3.8) is 0 Å². The van der Waals surface area contributed by atoms with Gasteiger partial charge < -0.3 is 14.6 Å². The van der Waals surface area contributed by atoms with E-state index in [1.807, 2.05) is 51.1 Å². The van der Waals surface area contributed by atoms with Crippen molar-refractivity contribution in [3.05, 3.63) is 59.9 Å². The number of carbonyl (C=O) groups excluding carboxylic acids is 1. The number of amides is 1. The van der Waals surface area contributed by atoms with Gasteiger partial charge in [0.25, 0.3) is 0 Å². The normalized spacial score (nSPS) is 11.6. The Hall–Kier alpha value is -2.82. The van der Waals surface area contributed by atoms with E-state index >= 15 is 0 Å². The Kier molecular flexibility index (Phi) is 6.57. The van der Waals surface area contributed by atoms with Crippen LogP contribution in [0, 0.1) is 12.3 Å². The third-order valence-electron chi connectivity index (χ3n) is 4.83. The summed E-state index contributed by atoms with van der Waals surface area (Å²) < 4.78 is 8.14. The van der Waals surface area contributed by atoms with Crippen LogP contribution in [0.1, 0.15) is 38.6 Å². The van der Waals surface area contributed by atoms with E-state index in [-0.39, 0.29) is 11.3 Å². The van der Waals surface area contributed by atoms with E-state index in [9.17, 15) is 4.79 Å². The largest absolute Gasteiger partial charge is 0.494 e. The van der Waals surface area contributed by atoms with Gasteiger partial charge >= 0.3 is 0 Å². The molecule has 0 aliphatic heterocycles. The fraction of sp³-hybridized carbons (Fsp3) is 0.417. The highest BCUT2D eigenvalue weighted by Gasteiger charge is 2.20. The first-order valence-corrected chi connectivity index (χ1v) is 10.3. The highest BCUT2D eigenvalue weighted by molar-refractivity contribution is 5.81. The first kappa shape index (κ1) is 20.9. The molecule has 1 heterocycles. The minimum absolute atomic E-state index is 0.0618. The third kappa shape index (κ3) is 5.59. The number of imidazole rings is 1. The number of benzene rings is 2. The van der Waals surface area contributed by atoms with Gasteiger partial charge in [-0.25, -0.2) is 4.98 Å². The average Bonchev–Trinajstić information content (AvgIpc) is 3.02. The fourth-order valence-corrected chi connectivity index (χ4v) is 3.24. The Morgan fingerprint density at radius 2 is 1.93 bits per heavy atom. The number of hydrogen-bond acceptors (Lipinski definition) is 3. The SMILES string of the molecule is Cc1cccc(OCCCn2c(CCNC(=O)C(C)(C)C)nc3ccccc32)c1. The van der Waals surface area contributed by atoms with Crippen LogP contribution in [0.4, 0.5) is 0 Å². The molecule has 154 valence electrons. The van der Waals surface area contributed by atoms with Crippen LogP contribution in [0.2, 0.25) is 0 Å². The van der Waals surface area contributed by atoms with E-state index in [2.05, 4.69) is 35.0 Å². The molecule has 5 heteroatoms. The summed E-state index contributed by atoms with van der Waals surface area (Å²) in [6.07, 6.45) is 1.59. The van der Waals surface area contributed by atoms with Gasteiger partial charge in [0.05, 0.1) is 17.6 Å². The molecular weight excluding hydrogens is 362 g/mol. The topological polar surface area (TPSA) is 56.1 Å². The zero-order valence-electron chi connectivity index (χ0n) is 17.9. The van der Waals surface area contributed by atoms with E-state index in [0.717, 1.165) is 35.6 Å². The fourth-order valence-electron chi connectivity index (χ4n) is 3.24. The van der Waals surface area contributed by atoms with Crippen LogP contribution >= 0.6 is 0 Å². The van der Waals surface area contributed by atoms with Crippen molar-refractivity contribution >= 4 is 16.9 Å². The van der Waals surface area contributed by atoms with Gasteiger partial charge in [0.1, 0.15) is 11.6 Å². The molecule has 0 aliphatic rings. The maximum atomic E-state index is 12.1. The van der Waals surface area contributed by atoms with Crippen molar-refractivity contribution < 1.29 is 9.53 Å². The molecule has 0 radical (unpaired) electrons. The summed E-state index contributed by atoms with van der Waals surface area (Å²) in [7, 11) is 0. The molecule has 3 rings (SSSR count). The predicted molar refractivity (Wildman–Crippen MR) is 117 cm³/mol. The van der Waals surface area contributed by atoms with E-state index < -0.39 is 0 Å². The average molecular weight is 394 g/mol. The highest BCUT2D eigenvalue weighted by Crippen LogP contribution is 2.18. The summed E-state index contributed by atoms with van der Waals surface area (Å²) in [6.45, 7) is 9.89. The lowest BCUT2D eigenvalue weighted by Gasteiger charge is -2.17. The van der Waals surface area contributed by atoms with Crippen molar-refractivity contribution in [1.29, 1.82) is 0 Å². The molecule has 29 heavy (non-hydrogen) atoms. The number of para-hydroxylation sites is 2. The molecule has 0 spiro atoms. The molecule has 0 unspecified atom stereocenters. The minimum atomic E-state index is -0.382. The molecule has 0 saturated heterocycles. The Bertz CT molecular complexity index is 970. The quantitative estimate of drug-likeness (QED) is 0.573. The second-order valence-corrected chi connectivity index (χ2v) is 8.44. The summed E-state index contributed by atoms with van der Waals surface area (Å²) in [5.41, 5.74) is 2.93. The summed E-state index contributed by atoms with van der Waals surface area (Å²) in [5.74, 6) is 1.97. The van der Waals surface area contributed by atoms with E-state index in [1.165, 1.54) is 5.56 Å². The maximum Gasteiger partial charge on any atom is 0.225 e. The van der Waals surface area contributed by atoms with Crippen molar-refractivity contribution in [2.75, 3.05) is 13.2 Å². The van der Waals surface area contributed by atoms with Crippen LogP contribution in [0.25, 0.3) is 11.0 Å². The standard InChI is InChI=1S/C24H31N3O2/c1-18-9-7-10-19(17-18)29-16-8-15-27-21-12-6-5-11-20(21)26-22(27)13-14-25-23(28)24(2,3)4/h5-7,9-12,17H,8,13-16H2,1-4H3,(H,25,28). The Morgan fingerprint density at radius 1 is 1.14 bits per heavy atom. The zero-order valence-corrected chi connectivity index (χ0v) is 17.9. The first-order chi connectivity index (χ1) is 13.8. The highest BCUT2D eigenvalue weighted by atomic mass is 16.5. The number of rotatable bonds is 8. The van der Waals surface area contributed by atoms with Gasteiger partial charge in [0.2, 0.25) is 5.91 Å². The molecule has 0 saturated carbocycles. The van der Waals surface area contributed by atoms with E-state index in [0.29, 0.717) is 19.6 Å². The van der Waals surface area contributed by atoms with Crippen molar-refractivity contribution in [2.24, 2.45) is 5.41 Å². The number of nitrogens with zero attached hydrogens (tertiary/aromatic N) is 2.